The van der Waals surface area contributed by atoms with Crippen LogP contribution in [0, 0.1) is 0 Å². The first kappa shape index (κ1) is 29.2. The Hall–Kier alpha value is -1.83. The highest BCUT2D eigenvalue weighted by Crippen LogP contribution is 2.11. The van der Waals surface area contributed by atoms with Crippen LogP contribution in [0.1, 0.15) is 90.4 Å². The molecular formula is C25H47N3O5. The fourth-order valence-corrected chi connectivity index (χ4v) is 4.24. The molecule has 0 bridgehead atoms. The van der Waals surface area contributed by atoms with E-state index in [0.29, 0.717) is 39.1 Å². The number of esters is 1. The first-order chi connectivity index (χ1) is 16.0. The molecule has 0 atom stereocenters. The zero-order valence-corrected chi connectivity index (χ0v) is 21.1. The maximum absolute atomic E-state index is 12.8. The summed E-state index contributed by atoms with van der Waals surface area (Å²) in [6, 6.07) is 0. The summed E-state index contributed by atoms with van der Waals surface area (Å²) < 4.78 is 4.67. The van der Waals surface area contributed by atoms with Crippen molar-refractivity contribution in [3.05, 3.63) is 0 Å². The van der Waals surface area contributed by atoms with E-state index in [1.54, 1.807) is 0 Å². The van der Waals surface area contributed by atoms with Crippen LogP contribution in [0.25, 0.3) is 0 Å². The molecule has 1 rings (SSSR count). The average molecular weight is 470 g/mol. The van der Waals surface area contributed by atoms with Crippen LogP contribution in [0.2, 0.25) is 0 Å². The van der Waals surface area contributed by atoms with Gasteiger partial charge in [0.1, 0.15) is 0 Å². The Morgan fingerprint density at radius 3 is 1.76 bits per heavy atom. The van der Waals surface area contributed by atoms with Crippen LogP contribution >= 0.6 is 0 Å². The molecule has 1 N–H and O–H groups in total. The number of rotatable bonds is 18. The molecule has 0 aliphatic carbocycles. The summed E-state index contributed by atoms with van der Waals surface area (Å²) in [6.45, 7) is 6.26. The van der Waals surface area contributed by atoms with Gasteiger partial charge in [0.05, 0.1) is 13.7 Å². The van der Waals surface area contributed by atoms with Gasteiger partial charge in [-0.15, -0.1) is 0 Å². The number of unbranched alkanes of at least 4 members (excludes halogenated alkanes) is 10. The Bertz CT molecular complexity index is 550. The first-order valence-electron chi connectivity index (χ1n) is 13.0. The number of ether oxygens (including phenoxy) is 1. The minimum Gasteiger partial charge on any atom is -0.469 e. The van der Waals surface area contributed by atoms with Gasteiger partial charge in [0, 0.05) is 32.6 Å². The van der Waals surface area contributed by atoms with Crippen molar-refractivity contribution < 1.29 is 24.2 Å². The predicted molar refractivity (Wildman–Crippen MR) is 130 cm³/mol. The van der Waals surface area contributed by atoms with E-state index in [-0.39, 0.29) is 11.9 Å². The lowest BCUT2D eigenvalue weighted by atomic mass is 10.1. The summed E-state index contributed by atoms with van der Waals surface area (Å²) in [5, 5.41) is 9.10. The van der Waals surface area contributed by atoms with Crippen LogP contribution in [-0.2, 0) is 14.3 Å². The third-order valence-electron chi connectivity index (χ3n) is 6.42. The summed E-state index contributed by atoms with van der Waals surface area (Å²) in [4.78, 5) is 40.6. The van der Waals surface area contributed by atoms with Gasteiger partial charge in [-0.05, 0) is 32.4 Å². The number of nitrogens with zero attached hydrogens (tertiary/aromatic N) is 3. The summed E-state index contributed by atoms with van der Waals surface area (Å²) in [5.41, 5.74) is 0. The van der Waals surface area contributed by atoms with E-state index >= 15 is 0 Å². The van der Waals surface area contributed by atoms with E-state index < -0.39 is 6.09 Å². The highest BCUT2D eigenvalue weighted by atomic mass is 16.5. The number of carbonyl (C=O) groups is 3. The standard InChI is InChI=1S/C25H47N3O5/c1-3-4-5-6-7-10-13-16-26(17-14-11-8-9-12-15-24(30)33-2)22-23(29)27-18-20-28(21-19-27)25(31)32/h3-22H2,1-2H3,(H,31,32). The number of carbonyl (C=O) groups excluding carboxylic acids is 2. The molecule has 1 fully saturated rings. The lowest BCUT2D eigenvalue weighted by Gasteiger charge is -2.34. The van der Waals surface area contributed by atoms with Gasteiger partial charge in [-0.25, -0.2) is 4.79 Å². The molecule has 1 aliphatic rings. The molecule has 0 aromatic rings. The zero-order chi connectivity index (χ0) is 24.3. The Morgan fingerprint density at radius 2 is 1.24 bits per heavy atom. The molecule has 8 nitrogen and oxygen atoms in total. The second-order valence-electron chi connectivity index (χ2n) is 9.14. The van der Waals surface area contributed by atoms with E-state index in [2.05, 4.69) is 16.6 Å². The normalized spacial score (nSPS) is 14.0. The molecule has 0 aromatic heterocycles. The second kappa shape index (κ2) is 18.6. The molecular weight excluding hydrogens is 422 g/mol. The van der Waals surface area contributed by atoms with E-state index in [0.717, 1.165) is 51.6 Å². The van der Waals surface area contributed by atoms with Crippen molar-refractivity contribution >= 4 is 18.0 Å². The van der Waals surface area contributed by atoms with Crippen molar-refractivity contribution in [2.75, 3.05) is 52.9 Å². The third-order valence-corrected chi connectivity index (χ3v) is 6.42. The van der Waals surface area contributed by atoms with Crippen molar-refractivity contribution in [3.63, 3.8) is 0 Å². The smallest absolute Gasteiger partial charge is 0.407 e. The Kier molecular flexibility index (Phi) is 16.4. The molecule has 0 unspecified atom stereocenters. The van der Waals surface area contributed by atoms with Gasteiger partial charge < -0.3 is 19.6 Å². The number of methoxy groups -OCH3 is 1. The highest BCUT2D eigenvalue weighted by Gasteiger charge is 2.24. The summed E-state index contributed by atoms with van der Waals surface area (Å²) in [7, 11) is 1.43. The maximum atomic E-state index is 12.8. The topological polar surface area (TPSA) is 90.4 Å². The molecule has 1 saturated heterocycles. The molecule has 0 aromatic carbocycles. The van der Waals surface area contributed by atoms with Crippen LogP contribution in [0.4, 0.5) is 4.79 Å². The van der Waals surface area contributed by atoms with Crippen LogP contribution in [0.15, 0.2) is 0 Å². The minimum atomic E-state index is -0.908. The second-order valence-corrected chi connectivity index (χ2v) is 9.14. The van der Waals surface area contributed by atoms with Crippen molar-refractivity contribution in [2.45, 2.75) is 90.4 Å². The Balaban J connectivity index is 2.34. The number of carboxylic acid groups (broad SMARTS) is 1. The molecule has 8 heteroatoms. The quantitative estimate of drug-likeness (QED) is 0.237. The summed E-state index contributed by atoms with van der Waals surface area (Å²) in [6.07, 6.45) is 13.5. The first-order valence-corrected chi connectivity index (χ1v) is 13.0. The van der Waals surface area contributed by atoms with Crippen LogP contribution in [-0.4, -0.2) is 90.7 Å². The van der Waals surface area contributed by atoms with Crippen molar-refractivity contribution in [3.8, 4) is 0 Å². The largest absolute Gasteiger partial charge is 0.469 e. The summed E-state index contributed by atoms with van der Waals surface area (Å²) >= 11 is 0. The van der Waals surface area contributed by atoms with Gasteiger partial charge >= 0.3 is 12.1 Å². The van der Waals surface area contributed by atoms with E-state index in [9.17, 15) is 14.4 Å². The fourth-order valence-electron chi connectivity index (χ4n) is 4.24. The van der Waals surface area contributed by atoms with Crippen LogP contribution in [0.5, 0.6) is 0 Å². The van der Waals surface area contributed by atoms with Crippen molar-refractivity contribution in [1.29, 1.82) is 0 Å². The zero-order valence-electron chi connectivity index (χ0n) is 21.1. The van der Waals surface area contributed by atoms with Gasteiger partial charge in [-0.3, -0.25) is 14.5 Å². The summed E-state index contributed by atoms with van der Waals surface area (Å²) in [5.74, 6) is -0.0281. The van der Waals surface area contributed by atoms with E-state index in [1.165, 1.54) is 50.5 Å². The monoisotopic (exact) mass is 469 g/mol. The molecule has 192 valence electrons. The molecule has 0 saturated carbocycles. The average Bonchev–Trinajstić information content (AvgIpc) is 2.82. The molecule has 2 amide bonds. The van der Waals surface area contributed by atoms with Crippen LogP contribution in [0.3, 0.4) is 0 Å². The van der Waals surface area contributed by atoms with E-state index in [1.807, 2.05) is 4.90 Å². The predicted octanol–water partition coefficient (Wildman–Crippen LogP) is 4.37. The Morgan fingerprint density at radius 1 is 0.758 bits per heavy atom. The lowest BCUT2D eigenvalue weighted by molar-refractivity contribution is -0.140. The molecule has 0 spiro atoms. The van der Waals surface area contributed by atoms with Gasteiger partial charge in [0.2, 0.25) is 5.91 Å². The Labute approximate surface area is 200 Å². The van der Waals surface area contributed by atoms with Crippen LogP contribution < -0.4 is 0 Å². The maximum Gasteiger partial charge on any atom is 0.407 e. The van der Waals surface area contributed by atoms with Crippen molar-refractivity contribution in [1.82, 2.24) is 14.7 Å². The molecule has 0 radical (unpaired) electrons. The van der Waals surface area contributed by atoms with Gasteiger partial charge in [-0.1, -0.05) is 64.7 Å². The number of amides is 2. The third kappa shape index (κ3) is 14.1. The van der Waals surface area contributed by atoms with Gasteiger partial charge in [-0.2, -0.15) is 0 Å². The molecule has 1 heterocycles. The minimum absolute atomic E-state index is 0.112. The van der Waals surface area contributed by atoms with E-state index in [4.69, 9.17) is 5.11 Å². The number of hydrogen-bond donors (Lipinski definition) is 1. The van der Waals surface area contributed by atoms with Gasteiger partial charge in [0.15, 0.2) is 0 Å². The SMILES string of the molecule is CCCCCCCCCN(CCCCCCCC(=O)OC)CC(=O)N1CCN(C(=O)O)CC1. The molecule has 33 heavy (non-hydrogen) atoms. The highest BCUT2D eigenvalue weighted by molar-refractivity contribution is 5.78. The number of hydrogen-bond acceptors (Lipinski definition) is 5. The van der Waals surface area contributed by atoms with Crippen molar-refractivity contribution in [2.24, 2.45) is 0 Å². The lowest BCUT2D eigenvalue weighted by Crippen LogP contribution is -2.52. The molecule has 1 aliphatic heterocycles. The number of piperazine rings is 1. The van der Waals surface area contributed by atoms with Gasteiger partial charge in [0.25, 0.3) is 0 Å². The fraction of sp³-hybridized carbons (Fsp3) is 0.880.